The predicted octanol–water partition coefficient (Wildman–Crippen LogP) is 22.7. The molecule has 1 unspecified atom stereocenters. The average Bonchev–Trinajstić information content (AvgIpc) is 3.46. The fourth-order valence-electron chi connectivity index (χ4n) is 8.70. The zero-order valence-corrected chi connectivity index (χ0v) is 51.8. The van der Waals surface area contributed by atoms with Crippen LogP contribution in [0.2, 0.25) is 0 Å². The van der Waals surface area contributed by atoms with Crippen LogP contribution in [0, 0.1) is 0 Å². The van der Waals surface area contributed by atoms with E-state index in [0.717, 1.165) is 135 Å². The number of hydrogen-bond acceptors (Lipinski definition) is 6. The summed E-state index contributed by atoms with van der Waals surface area (Å²) in [5.41, 5.74) is 0. The normalized spacial score (nSPS) is 13.1. The molecule has 80 heavy (non-hydrogen) atoms. The van der Waals surface area contributed by atoms with E-state index in [0.29, 0.717) is 19.3 Å². The van der Waals surface area contributed by atoms with Crippen LogP contribution in [0.15, 0.2) is 146 Å². The number of unbranched alkanes of at least 4 members (excludes halogenated alkanes) is 23. The minimum Gasteiger partial charge on any atom is -0.462 e. The van der Waals surface area contributed by atoms with E-state index in [9.17, 15) is 14.4 Å². The van der Waals surface area contributed by atoms with E-state index < -0.39 is 6.10 Å². The lowest BCUT2D eigenvalue weighted by atomic mass is 10.0. The van der Waals surface area contributed by atoms with Gasteiger partial charge in [-0.3, -0.25) is 14.4 Å². The summed E-state index contributed by atoms with van der Waals surface area (Å²) in [5, 5.41) is 0. The highest BCUT2D eigenvalue weighted by atomic mass is 16.6. The van der Waals surface area contributed by atoms with Gasteiger partial charge in [0.15, 0.2) is 6.10 Å². The van der Waals surface area contributed by atoms with E-state index in [-0.39, 0.29) is 37.5 Å². The highest BCUT2D eigenvalue weighted by Crippen LogP contribution is 2.16. The van der Waals surface area contributed by atoms with Gasteiger partial charge in [-0.2, -0.15) is 0 Å². The van der Waals surface area contributed by atoms with Crippen LogP contribution in [-0.2, 0) is 28.6 Å². The smallest absolute Gasteiger partial charge is 0.306 e. The van der Waals surface area contributed by atoms with Crippen molar-refractivity contribution < 1.29 is 28.6 Å². The molecule has 0 aliphatic carbocycles. The molecule has 0 aliphatic heterocycles. The van der Waals surface area contributed by atoms with E-state index in [1.165, 1.54) is 103 Å². The molecule has 6 heteroatoms. The molecule has 0 spiro atoms. The van der Waals surface area contributed by atoms with Gasteiger partial charge in [-0.1, -0.05) is 282 Å². The molecule has 0 saturated carbocycles. The van der Waals surface area contributed by atoms with Crippen LogP contribution in [0.25, 0.3) is 0 Å². The highest BCUT2D eigenvalue weighted by Gasteiger charge is 2.19. The summed E-state index contributed by atoms with van der Waals surface area (Å²) in [6.07, 6.45) is 95.9. The summed E-state index contributed by atoms with van der Waals surface area (Å²) in [4.78, 5) is 38.3. The van der Waals surface area contributed by atoms with Crippen LogP contribution in [0.3, 0.4) is 0 Å². The van der Waals surface area contributed by atoms with Crippen molar-refractivity contribution in [1.82, 2.24) is 0 Å². The minimum absolute atomic E-state index is 0.108. The maximum absolute atomic E-state index is 12.9. The summed E-state index contributed by atoms with van der Waals surface area (Å²) in [5.74, 6) is -0.981. The molecular formula is C74H120O6. The van der Waals surface area contributed by atoms with Crippen molar-refractivity contribution >= 4 is 17.9 Å². The lowest BCUT2D eigenvalue weighted by molar-refractivity contribution is -0.167. The molecule has 0 saturated heterocycles. The molecule has 0 N–H and O–H groups in total. The SMILES string of the molecule is CC/C=C\C/C=C\C/C=C\C/C=C\C/C=C\CCCCCCCCCCCCCCCCCC(=O)OCC(COC(=O)CCCCCCC/C=C\C/C=C\CCCC)OC(=O)CCC/C=C\C/C=C\C/C=C\C/C=C\C/C=C\CC. The standard InChI is InChI=1S/C74H120O6/c1-4-7-10-13-16-19-22-25-28-30-31-32-33-34-35-36-37-38-39-40-41-42-43-45-46-49-52-55-58-61-64-67-73(76)79-70-71(69-78-72(75)66-63-60-57-54-51-48-27-24-21-18-15-12-9-6-3)80-74(77)68-65-62-59-56-53-50-47-44-29-26-23-20-17-14-11-8-5-2/h7-8,10-11,15-20,24-29,31-32,34-35,47,50,56,59,71H,4-6,9,12-14,21-23,30,33,36-46,48-49,51-55,57-58,60-70H2,1-3H3/b10-7-,11-8-,18-15-,19-16-,20-17-,27-24-,28-25-,29-26-,32-31-,35-34-,50-47-,59-56-. The average molecular weight is 1110 g/mol. The van der Waals surface area contributed by atoms with Gasteiger partial charge in [0.1, 0.15) is 13.2 Å². The van der Waals surface area contributed by atoms with Crippen molar-refractivity contribution in [3.05, 3.63) is 146 Å². The number of esters is 3. The van der Waals surface area contributed by atoms with Crippen molar-refractivity contribution in [1.29, 1.82) is 0 Å². The first kappa shape index (κ1) is 75.3. The van der Waals surface area contributed by atoms with Gasteiger partial charge in [0.25, 0.3) is 0 Å². The molecule has 452 valence electrons. The third-order valence-corrected chi connectivity index (χ3v) is 13.6. The summed E-state index contributed by atoms with van der Waals surface area (Å²) >= 11 is 0. The molecule has 0 radical (unpaired) electrons. The molecule has 0 heterocycles. The Morgan fingerprint density at radius 2 is 0.500 bits per heavy atom. The Bertz CT molecular complexity index is 1750. The van der Waals surface area contributed by atoms with Crippen molar-refractivity contribution in [2.75, 3.05) is 13.2 Å². The second-order valence-electron chi connectivity index (χ2n) is 21.3. The largest absolute Gasteiger partial charge is 0.462 e. The first-order chi connectivity index (χ1) is 39.5. The Morgan fingerprint density at radius 1 is 0.263 bits per heavy atom. The molecule has 0 aliphatic rings. The Morgan fingerprint density at radius 3 is 0.800 bits per heavy atom. The number of ether oxygens (including phenoxy) is 3. The Balaban J connectivity index is 4.31. The second kappa shape index (κ2) is 66.8. The molecule has 0 aromatic heterocycles. The van der Waals surface area contributed by atoms with Crippen LogP contribution < -0.4 is 0 Å². The van der Waals surface area contributed by atoms with Crippen molar-refractivity contribution in [2.24, 2.45) is 0 Å². The molecule has 0 bridgehead atoms. The summed E-state index contributed by atoms with van der Waals surface area (Å²) in [7, 11) is 0. The Labute approximate surface area is 493 Å². The van der Waals surface area contributed by atoms with E-state index in [1.54, 1.807) is 0 Å². The van der Waals surface area contributed by atoms with E-state index in [1.807, 2.05) is 0 Å². The number of carbonyl (C=O) groups excluding carboxylic acids is 3. The Kier molecular flexibility index (Phi) is 62.9. The van der Waals surface area contributed by atoms with Gasteiger partial charge in [0.2, 0.25) is 0 Å². The molecule has 0 aromatic carbocycles. The molecule has 6 nitrogen and oxygen atoms in total. The van der Waals surface area contributed by atoms with Crippen molar-refractivity contribution in [3.8, 4) is 0 Å². The fraction of sp³-hybridized carbons (Fsp3) is 0.635. The fourth-order valence-corrected chi connectivity index (χ4v) is 8.70. The maximum Gasteiger partial charge on any atom is 0.306 e. The van der Waals surface area contributed by atoms with Crippen LogP contribution >= 0.6 is 0 Å². The molecule has 0 amide bonds. The van der Waals surface area contributed by atoms with Crippen molar-refractivity contribution in [2.45, 2.75) is 290 Å². The molecule has 0 aromatic rings. The third-order valence-electron chi connectivity index (χ3n) is 13.6. The zero-order chi connectivity index (χ0) is 57.8. The summed E-state index contributed by atoms with van der Waals surface area (Å²) < 4.78 is 16.9. The van der Waals surface area contributed by atoms with E-state index in [4.69, 9.17) is 14.2 Å². The number of carbonyl (C=O) groups is 3. The quantitative estimate of drug-likeness (QED) is 0.0261. The van der Waals surface area contributed by atoms with Gasteiger partial charge in [-0.05, 0) is 128 Å². The molecule has 1 atom stereocenters. The monoisotopic (exact) mass is 1100 g/mol. The minimum atomic E-state index is -0.819. The topological polar surface area (TPSA) is 78.9 Å². The zero-order valence-electron chi connectivity index (χ0n) is 51.8. The van der Waals surface area contributed by atoms with Crippen LogP contribution in [0.4, 0.5) is 0 Å². The first-order valence-electron chi connectivity index (χ1n) is 32.8. The number of hydrogen-bond donors (Lipinski definition) is 0. The van der Waals surface area contributed by atoms with Gasteiger partial charge in [0, 0.05) is 19.3 Å². The second-order valence-corrected chi connectivity index (χ2v) is 21.3. The third kappa shape index (κ3) is 64.1. The van der Waals surface area contributed by atoms with Gasteiger partial charge in [0.05, 0.1) is 0 Å². The van der Waals surface area contributed by atoms with Gasteiger partial charge in [-0.15, -0.1) is 0 Å². The maximum atomic E-state index is 12.9. The van der Waals surface area contributed by atoms with E-state index >= 15 is 0 Å². The Hall–Kier alpha value is -4.71. The molecular weight excluding hydrogens is 985 g/mol. The van der Waals surface area contributed by atoms with E-state index in [2.05, 4.69) is 167 Å². The van der Waals surface area contributed by atoms with Crippen molar-refractivity contribution in [3.63, 3.8) is 0 Å². The van der Waals surface area contributed by atoms with Gasteiger partial charge >= 0.3 is 17.9 Å². The predicted molar refractivity (Wildman–Crippen MR) is 348 cm³/mol. The van der Waals surface area contributed by atoms with Crippen LogP contribution in [0.5, 0.6) is 0 Å². The molecule has 0 rings (SSSR count). The first-order valence-corrected chi connectivity index (χ1v) is 32.8. The highest BCUT2D eigenvalue weighted by molar-refractivity contribution is 5.71. The van der Waals surface area contributed by atoms with Crippen LogP contribution in [0.1, 0.15) is 284 Å². The van der Waals surface area contributed by atoms with Gasteiger partial charge < -0.3 is 14.2 Å². The lowest BCUT2D eigenvalue weighted by Crippen LogP contribution is -2.30. The van der Waals surface area contributed by atoms with Gasteiger partial charge in [-0.25, -0.2) is 0 Å². The number of rotatable bonds is 58. The lowest BCUT2D eigenvalue weighted by Gasteiger charge is -2.18. The summed E-state index contributed by atoms with van der Waals surface area (Å²) in [6, 6.07) is 0. The number of allylic oxidation sites excluding steroid dienone is 24. The summed E-state index contributed by atoms with van der Waals surface area (Å²) in [6.45, 7) is 6.32. The molecule has 0 fully saturated rings. The van der Waals surface area contributed by atoms with Crippen LogP contribution in [-0.4, -0.2) is 37.2 Å².